The molecular weight excluding hydrogens is 224 g/mol. The average molecular weight is 242 g/mol. The van der Waals surface area contributed by atoms with E-state index in [0.717, 1.165) is 12.8 Å². The lowest BCUT2D eigenvalue weighted by Crippen LogP contribution is -2.13. The van der Waals surface area contributed by atoms with Crippen molar-refractivity contribution in [2.75, 3.05) is 0 Å². The number of H-pyrrole nitrogens is 1. The largest absolute Gasteiger partial charge is 0.385 e. The van der Waals surface area contributed by atoms with Gasteiger partial charge in [-0.25, -0.2) is 4.98 Å². The maximum Gasteiger partial charge on any atom is 0.135 e. The summed E-state index contributed by atoms with van der Waals surface area (Å²) in [4.78, 5) is 7.12. The third-order valence-electron chi connectivity index (χ3n) is 3.84. The Hall–Kier alpha value is -1.61. The van der Waals surface area contributed by atoms with E-state index in [4.69, 9.17) is 0 Å². The molecule has 0 amide bonds. The van der Waals surface area contributed by atoms with Gasteiger partial charge in [0.05, 0.1) is 0 Å². The maximum atomic E-state index is 10.2. The number of aromatic amines is 1. The first-order valence-electron chi connectivity index (χ1n) is 6.60. The molecule has 2 aromatic rings. The molecule has 1 aromatic carbocycles. The van der Waals surface area contributed by atoms with Crippen molar-refractivity contribution in [2.45, 2.75) is 37.7 Å². The summed E-state index contributed by atoms with van der Waals surface area (Å²) in [6.45, 7) is 0. The quantitative estimate of drug-likeness (QED) is 0.869. The van der Waals surface area contributed by atoms with Gasteiger partial charge < -0.3 is 10.1 Å². The van der Waals surface area contributed by atoms with E-state index in [9.17, 15) is 5.11 Å². The molecule has 1 aliphatic rings. The lowest BCUT2D eigenvalue weighted by atomic mass is 9.80. The number of aliphatic hydroxyl groups excluding tert-OH is 1. The Kier molecular flexibility index (Phi) is 3.15. The molecule has 0 saturated heterocycles. The van der Waals surface area contributed by atoms with Gasteiger partial charge in [0, 0.05) is 12.4 Å². The van der Waals surface area contributed by atoms with Crippen LogP contribution >= 0.6 is 0 Å². The standard InChI is InChI=1S/C15H18N2O/c18-14(15-16-8-9-17-15)10-12-6-3-5-11-4-1-2-7-13(11)12/h1-2,4,7-9,12,14,18H,3,5-6,10H2,(H,16,17). The summed E-state index contributed by atoms with van der Waals surface area (Å²) in [7, 11) is 0. The highest BCUT2D eigenvalue weighted by Gasteiger charge is 2.23. The van der Waals surface area contributed by atoms with Crippen molar-refractivity contribution in [1.29, 1.82) is 0 Å². The number of nitrogens with one attached hydrogen (secondary N) is 1. The molecule has 2 atom stereocenters. The number of hydrogen-bond donors (Lipinski definition) is 2. The van der Waals surface area contributed by atoms with E-state index < -0.39 is 6.10 Å². The van der Waals surface area contributed by atoms with E-state index >= 15 is 0 Å². The zero-order valence-corrected chi connectivity index (χ0v) is 10.3. The van der Waals surface area contributed by atoms with Gasteiger partial charge in [0.25, 0.3) is 0 Å². The summed E-state index contributed by atoms with van der Waals surface area (Å²) in [5, 5.41) is 10.2. The van der Waals surface area contributed by atoms with Crippen LogP contribution in [0.3, 0.4) is 0 Å². The van der Waals surface area contributed by atoms with Crippen LogP contribution in [0.1, 0.15) is 48.2 Å². The minimum Gasteiger partial charge on any atom is -0.385 e. The van der Waals surface area contributed by atoms with Crippen molar-refractivity contribution in [3.8, 4) is 0 Å². The molecule has 0 bridgehead atoms. The summed E-state index contributed by atoms with van der Waals surface area (Å²) < 4.78 is 0. The molecule has 3 rings (SSSR count). The molecule has 94 valence electrons. The Bertz CT molecular complexity index is 507. The van der Waals surface area contributed by atoms with Crippen LogP contribution in [0.5, 0.6) is 0 Å². The number of aromatic nitrogens is 2. The smallest absolute Gasteiger partial charge is 0.135 e. The van der Waals surface area contributed by atoms with E-state index in [1.54, 1.807) is 12.4 Å². The lowest BCUT2D eigenvalue weighted by molar-refractivity contribution is 0.145. The Balaban J connectivity index is 1.78. The normalized spacial score (nSPS) is 20.4. The van der Waals surface area contributed by atoms with Gasteiger partial charge in [-0.05, 0) is 42.7 Å². The van der Waals surface area contributed by atoms with Crippen molar-refractivity contribution < 1.29 is 5.11 Å². The minimum absolute atomic E-state index is 0.454. The average Bonchev–Trinajstić information content (AvgIpc) is 2.93. The molecule has 0 fully saturated rings. The van der Waals surface area contributed by atoms with E-state index in [1.807, 2.05) is 0 Å². The van der Waals surface area contributed by atoms with Crippen LogP contribution in [-0.4, -0.2) is 15.1 Å². The molecule has 0 radical (unpaired) electrons. The van der Waals surface area contributed by atoms with Crippen molar-refractivity contribution in [3.63, 3.8) is 0 Å². The van der Waals surface area contributed by atoms with Crippen LogP contribution < -0.4 is 0 Å². The third kappa shape index (κ3) is 2.18. The summed E-state index contributed by atoms with van der Waals surface area (Å²) >= 11 is 0. The number of aryl methyl sites for hydroxylation is 1. The van der Waals surface area contributed by atoms with Gasteiger partial charge in [0.2, 0.25) is 0 Å². The van der Waals surface area contributed by atoms with Crippen molar-refractivity contribution >= 4 is 0 Å². The second-order valence-electron chi connectivity index (χ2n) is 5.01. The Morgan fingerprint density at radius 3 is 3.11 bits per heavy atom. The van der Waals surface area contributed by atoms with Crippen molar-refractivity contribution in [1.82, 2.24) is 9.97 Å². The molecule has 3 heteroatoms. The summed E-state index contributed by atoms with van der Waals surface area (Å²) in [6.07, 6.45) is 7.26. The van der Waals surface area contributed by atoms with Gasteiger partial charge in [0.15, 0.2) is 0 Å². The Morgan fingerprint density at radius 2 is 2.28 bits per heavy atom. The number of rotatable bonds is 3. The fraction of sp³-hybridized carbons (Fsp3) is 0.400. The van der Waals surface area contributed by atoms with E-state index in [2.05, 4.69) is 34.2 Å². The predicted molar refractivity (Wildman–Crippen MR) is 70.3 cm³/mol. The molecule has 2 unspecified atom stereocenters. The molecule has 3 nitrogen and oxygen atoms in total. The summed E-state index contributed by atoms with van der Waals surface area (Å²) in [5.41, 5.74) is 2.86. The van der Waals surface area contributed by atoms with Crippen molar-refractivity contribution in [2.24, 2.45) is 0 Å². The number of fused-ring (bicyclic) bond motifs is 1. The molecule has 1 heterocycles. The SMILES string of the molecule is OC(CC1CCCc2ccccc21)c1ncc[nH]1. The number of benzene rings is 1. The third-order valence-corrected chi connectivity index (χ3v) is 3.84. The first-order valence-corrected chi connectivity index (χ1v) is 6.60. The van der Waals surface area contributed by atoms with E-state index in [-0.39, 0.29) is 0 Å². The lowest BCUT2D eigenvalue weighted by Gasteiger charge is -2.26. The molecule has 1 aromatic heterocycles. The highest BCUT2D eigenvalue weighted by atomic mass is 16.3. The van der Waals surface area contributed by atoms with Crippen LogP contribution in [0.2, 0.25) is 0 Å². The van der Waals surface area contributed by atoms with Gasteiger partial charge >= 0.3 is 0 Å². The van der Waals surface area contributed by atoms with Crippen LogP contribution in [0.15, 0.2) is 36.7 Å². The van der Waals surface area contributed by atoms with Gasteiger partial charge in [-0.15, -0.1) is 0 Å². The fourth-order valence-electron chi connectivity index (χ4n) is 2.94. The van der Waals surface area contributed by atoms with Crippen LogP contribution in [-0.2, 0) is 6.42 Å². The maximum absolute atomic E-state index is 10.2. The first-order chi connectivity index (χ1) is 8.84. The number of imidazole rings is 1. The second kappa shape index (κ2) is 4.94. The molecule has 0 aliphatic heterocycles. The van der Waals surface area contributed by atoms with E-state index in [0.29, 0.717) is 11.7 Å². The van der Waals surface area contributed by atoms with Crippen LogP contribution in [0.25, 0.3) is 0 Å². The minimum atomic E-state index is -0.490. The van der Waals surface area contributed by atoms with Gasteiger partial charge in [0.1, 0.15) is 11.9 Å². The number of aliphatic hydroxyl groups is 1. The molecular formula is C15H18N2O. The number of hydrogen-bond acceptors (Lipinski definition) is 2. The molecule has 2 N–H and O–H groups in total. The van der Waals surface area contributed by atoms with Crippen LogP contribution in [0, 0.1) is 0 Å². The van der Waals surface area contributed by atoms with E-state index in [1.165, 1.54) is 24.0 Å². The van der Waals surface area contributed by atoms with Gasteiger partial charge in [-0.2, -0.15) is 0 Å². The zero-order chi connectivity index (χ0) is 12.4. The second-order valence-corrected chi connectivity index (χ2v) is 5.01. The van der Waals surface area contributed by atoms with Crippen LogP contribution in [0.4, 0.5) is 0 Å². The summed E-state index contributed by atoms with van der Waals surface area (Å²) in [5.74, 6) is 1.13. The topological polar surface area (TPSA) is 48.9 Å². The van der Waals surface area contributed by atoms with Gasteiger partial charge in [-0.3, -0.25) is 0 Å². The van der Waals surface area contributed by atoms with Crippen molar-refractivity contribution in [3.05, 3.63) is 53.6 Å². The summed E-state index contributed by atoms with van der Waals surface area (Å²) in [6, 6.07) is 8.61. The molecule has 18 heavy (non-hydrogen) atoms. The highest BCUT2D eigenvalue weighted by molar-refractivity contribution is 5.32. The molecule has 1 aliphatic carbocycles. The number of nitrogens with zero attached hydrogens (tertiary/aromatic N) is 1. The highest BCUT2D eigenvalue weighted by Crippen LogP contribution is 2.36. The van der Waals surface area contributed by atoms with Gasteiger partial charge in [-0.1, -0.05) is 24.3 Å². The Labute approximate surface area is 107 Å². The Morgan fingerprint density at radius 1 is 1.39 bits per heavy atom. The zero-order valence-electron chi connectivity index (χ0n) is 10.3. The molecule has 0 spiro atoms. The monoisotopic (exact) mass is 242 g/mol. The fourth-order valence-corrected chi connectivity index (χ4v) is 2.94. The first kappa shape index (κ1) is 11.5. The molecule has 0 saturated carbocycles. The predicted octanol–water partition coefficient (Wildman–Crippen LogP) is 2.95.